The molecule has 1 saturated heterocycles. The van der Waals surface area contributed by atoms with E-state index in [2.05, 4.69) is 26.9 Å². The number of rotatable bonds is 9. The Labute approximate surface area is 167 Å². The number of benzene rings is 1. The van der Waals surface area contributed by atoms with Gasteiger partial charge in [0.15, 0.2) is 0 Å². The number of anilines is 2. The van der Waals surface area contributed by atoms with E-state index in [1.54, 1.807) is 0 Å². The maximum atomic E-state index is 11.8. The smallest absolute Gasteiger partial charge is 0.450 e. The highest BCUT2D eigenvalue weighted by Gasteiger charge is 2.14. The van der Waals surface area contributed by atoms with E-state index in [-0.39, 0.29) is 13.2 Å². The van der Waals surface area contributed by atoms with Crippen LogP contribution >= 0.6 is 21.6 Å². The number of hydrogen-bond acceptors (Lipinski definition) is 8. The van der Waals surface area contributed by atoms with Gasteiger partial charge in [-0.15, -0.1) is 0 Å². The minimum absolute atomic E-state index is 0.151. The van der Waals surface area contributed by atoms with Gasteiger partial charge in [-0.3, -0.25) is 5.32 Å². The summed E-state index contributed by atoms with van der Waals surface area (Å²) in [7, 11) is 5.10. The van der Waals surface area contributed by atoms with Crippen molar-refractivity contribution in [1.82, 2.24) is 4.90 Å². The molecule has 10 heteroatoms. The lowest BCUT2D eigenvalue weighted by Gasteiger charge is -2.34. The number of likely N-dealkylation sites (N-methyl/N-ethyl adjacent to an activating group) is 1. The number of ether oxygens (including phenoxy) is 2. The van der Waals surface area contributed by atoms with Gasteiger partial charge in [-0.25, -0.2) is 9.59 Å². The monoisotopic (exact) mass is 415 g/mol. The Kier molecular flexibility index (Phi) is 9.43. The first-order chi connectivity index (χ1) is 13.0. The molecule has 0 radical (unpaired) electrons. The summed E-state index contributed by atoms with van der Waals surface area (Å²) in [6.45, 7) is 4.54. The zero-order chi connectivity index (χ0) is 19.5. The van der Waals surface area contributed by atoms with Gasteiger partial charge in [0, 0.05) is 49.1 Å². The van der Waals surface area contributed by atoms with Crippen LogP contribution in [-0.2, 0) is 9.47 Å². The van der Waals surface area contributed by atoms with Crippen molar-refractivity contribution in [3.63, 3.8) is 0 Å². The summed E-state index contributed by atoms with van der Waals surface area (Å²) in [4.78, 5) is 26.6. The number of piperazine rings is 1. The van der Waals surface area contributed by atoms with Gasteiger partial charge in [0.2, 0.25) is 0 Å². The molecule has 1 aromatic rings. The Morgan fingerprint density at radius 2 is 1.63 bits per heavy atom. The minimum atomic E-state index is -1.27. The van der Waals surface area contributed by atoms with Crippen LogP contribution in [0.1, 0.15) is 0 Å². The van der Waals surface area contributed by atoms with Gasteiger partial charge in [0.1, 0.15) is 13.2 Å². The molecule has 0 aliphatic carbocycles. The highest BCUT2D eigenvalue weighted by atomic mass is 33.1. The quantitative estimate of drug-likeness (QED) is 0.359. The second kappa shape index (κ2) is 11.8. The Hall–Kier alpha value is -1.78. The summed E-state index contributed by atoms with van der Waals surface area (Å²) in [6, 6.07) is 7.77. The molecule has 0 saturated carbocycles. The van der Waals surface area contributed by atoms with E-state index < -0.39 is 12.2 Å². The first-order valence-corrected chi connectivity index (χ1v) is 11.1. The fraction of sp³-hybridized carbons (Fsp3) is 0.529. The topological polar surface area (TPSA) is 91.3 Å². The van der Waals surface area contributed by atoms with Crippen LogP contribution in [0.4, 0.5) is 21.0 Å². The number of nitrogens with zero attached hydrogens (tertiary/aromatic N) is 2. The third-order valence-corrected chi connectivity index (χ3v) is 6.19. The summed E-state index contributed by atoms with van der Waals surface area (Å²) in [5.74, 6) is 1.18. The van der Waals surface area contributed by atoms with Crippen molar-refractivity contribution < 1.29 is 24.2 Å². The largest absolute Gasteiger partial charge is 0.505 e. The average molecular weight is 416 g/mol. The normalized spacial score (nSPS) is 14.6. The molecule has 2 rings (SSSR count). The molecule has 0 aromatic heterocycles. The van der Waals surface area contributed by atoms with Gasteiger partial charge < -0.3 is 24.4 Å². The molecule has 1 aliphatic heterocycles. The van der Waals surface area contributed by atoms with Gasteiger partial charge >= 0.3 is 12.2 Å². The van der Waals surface area contributed by atoms with Crippen LogP contribution in [0.15, 0.2) is 24.3 Å². The molecule has 1 aliphatic rings. The summed E-state index contributed by atoms with van der Waals surface area (Å²) in [6.07, 6.45) is -1.75. The summed E-state index contributed by atoms with van der Waals surface area (Å²) in [5.41, 5.74) is 1.85. The molecule has 0 unspecified atom stereocenters. The summed E-state index contributed by atoms with van der Waals surface area (Å²) < 4.78 is 9.51. The number of amides is 1. The number of carbonyl (C=O) groups is 2. The van der Waals surface area contributed by atoms with Crippen LogP contribution in [0.3, 0.4) is 0 Å². The number of carbonyl (C=O) groups excluding carboxylic acids is 1. The zero-order valence-corrected chi connectivity index (χ0v) is 16.9. The van der Waals surface area contributed by atoms with E-state index in [0.717, 1.165) is 31.9 Å². The van der Waals surface area contributed by atoms with Crippen molar-refractivity contribution in [3.8, 4) is 0 Å². The first-order valence-electron chi connectivity index (χ1n) is 8.62. The van der Waals surface area contributed by atoms with Gasteiger partial charge in [-0.05, 0) is 31.3 Å². The van der Waals surface area contributed by atoms with Crippen molar-refractivity contribution in [2.45, 2.75) is 0 Å². The maximum Gasteiger partial charge on any atom is 0.505 e. The molecule has 0 spiro atoms. The van der Waals surface area contributed by atoms with Gasteiger partial charge in [-0.1, -0.05) is 21.6 Å². The predicted octanol–water partition coefficient (Wildman–Crippen LogP) is 3.06. The number of hydrogen-bond donors (Lipinski definition) is 2. The molecule has 0 bridgehead atoms. The summed E-state index contributed by atoms with van der Waals surface area (Å²) >= 11 is 0. The molecule has 1 amide bonds. The Morgan fingerprint density at radius 3 is 2.22 bits per heavy atom. The lowest BCUT2D eigenvalue weighted by atomic mass is 10.2. The van der Waals surface area contributed by atoms with E-state index in [1.807, 2.05) is 24.3 Å². The van der Waals surface area contributed by atoms with E-state index in [1.165, 1.54) is 21.6 Å². The average Bonchev–Trinajstić information content (AvgIpc) is 2.65. The van der Waals surface area contributed by atoms with Crippen molar-refractivity contribution in [2.75, 3.05) is 68.2 Å². The molecular formula is C17H25N3O5S2. The zero-order valence-electron chi connectivity index (χ0n) is 15.3. The predicted molar refractivity (Wildman–Crippen MR) is 110 cm³/mol. The molecule has 1 fully saturated rings. The van der Waals surface area contributed by atoms with E-state index >= 15 is 0 Å². The SMILES string of the molecule is CN1CCN(c2ccc(NC(=O)OCCSSCCOC(=O)O)cc2)CC1. The van der Waals surface area contributed by atoms with Crippen LogP contribution in [0, 0.1) is 0 Å². The van der Waals surface area contributed by atoms with Crippen molar-refractivity contribution >= 4 is 45.2 Å². The first kappa shape index (κ1) is 21.5. The van der Waals surface area contributed by atoms with Crippen molar-refractivity contribution in [1.29, 1.82) is 0 Å². The highest BCUT2D eigenvalue weighted by Crippen LogP contribution is 2.21. The number of nitrogens with one attached hydrogen (secondary N) is 1. The molecule has 1 heterocycles. The molecule has 8 nitrogen and oxygen atoms in total. The fourth-order valence-corrected chi connectivity index (χ4v) is 4.08. The third-order valence-electron chi connectivity index (χ3n) is 3.86. The van der Waals surface area contributed by atoms with Gasteiger partial charge in [0.25, 0.3) is 0 Å². The standard InChI is InChI=1S/C17H25N3O5S2/c1-19-6-8-20(9-7-19)15-4-2-14(3-5-15)18-16(21)24-10-12-26-27-13-11-25-17(22)23/h2-5H,6-13H2,1H3,(H,18,21)(H,22,23). The van der Waals surface area contributed by atoms with E-state index in [4.69, 9.17) is 9.84 Å². The lowest BCUT2D eigenvalue weighted by molar-refractivity contribution is 0.0975. The van der Waals surface area contributed by atoms with Crippen molar-refractivity contribution in [2.24, 2.45) is 0 Å². The van der Waals surface area contributed by atoms with E-state index in [9.17, 15) is 9.59 Å². The third kappa shape index (κ3) is 8.63. The van der Waals surface area contributed by atoms with Gasteiger partial charge in [-0.2, -0.15) is 0 Å². The fourth-order valence-electron chi connectivity index (χ4n) is 2.42. The Balaban J connectivity index is 1.58. The van der Waals surface area contributed by atoms with Crippen LogP contribution in [0.5, 0.6) is 0 Å². The minimum Gasteiger partial charge on any atom is -0.450 e. The lowest BCUT2D eigenvalue weighted by Crippen LogP contribution is -2.44. The molecule has 27 heavy (non-hydrogen) atoms. The van der Waals surface area contributed by atoms with E-state index in [0.29, 0.717) is 17.2 Å². The molecule has 150 valence electrons. The second-order valence-electron chi connectivity index (χ2n) is 5.86. The second-order valence-corrected chi connectivity index (χ2v) is 8.56. The summed E-state index contributed by atoms with van der Waals surface area (Å²) in [5, 5.41) is 11.0. The number of carboxylic acid groups (broad SMARTS) is 1. The van der Waals surface area contributed by atoms with Crippen molar-refractivity contribution in [3.05, 3.63) is 24.3 Å². The molecule has 1 aromatic carbocycles. The maximum absolute atomic E-state index is 11.8. The Morgan fingerprint density at radius 1 is 1.04 bits per heavy atom. The Bertz CT molecular complexity index is 595. The molecule has 2 N–H and O–H groups in total. The molecule has 0 atom stereocenters. The highest BCUT2D eigenvalue weighted by molar-refractivity contribution is 8.76. The van der Waals surface area contributed by atoms with Crippen LogP contribution in [-0.4, -0.2) is 80.2 Å². The van der Waals surface area contributed by atoms with Crippen LogP contribution in [0.25, 0.3) is 0 Å². The van der Waals surface area contributed by atoms with Gasteiger partial charge in [0.05, 0.1) is 0 Å². The van der Waals surface area contributed by atoms with Crippen LogP contribution < -0.4 is 10.2 Å². The van der Waals surface area contributed by atoms with Crippen LogP contribution in [0.2, 0.25) is 0 Å². The molecular weight excluding hydrogens is 390 g/mol.